The molecule has 1 unspecified atom stereocenters. The van der Waals surface area contributed by atoms with Crippen LogP contribution < -0.4 is 9.80 Å². The molecule has 0 saturated carbocycles. The fourth-order valence-corrected chi connectivity index (χ4v) is 2.21. The maximum absolute atomic E-state index is 11.7. The van der Waals surface area contributed by atoms with Crippen molar-refractivity contribution >= 4 is 17.3 Å². The van der Waals surface area contributed by atoms with Crippen LogP contribution in [0.4, 0.5) is 11.4 Å². The first-order valence-corrected chi connectivity index (χ1v) is 6.37. The Labute approximate surface area is 114 Å². The molecule has 104 valence electrons. The van der Waals surface area contributed by atoms with E-state index in [0.29, 0.717) is 5.56 Å². The van der Waals surface area contributed by atoms with E-state index in [-0.39, 0.29) is 5.91 Å². The summed E-state index contributed by atoms with van der Waals surface area (Å²) in [5, 5.41) is 9.81. The highest BCUT2D eigenvalue weighted by molar-refractivity contribution is 6.03. The van der Waals surface area contributed by atoms with Gasteiger partial charge in [-0.2, -0.15) is 0 Å². The van der Waals surface area contributed by atoms with Crippen LogP contribution in [-0.2, 0) is 4.79 Å². The lowest BCUT2D eigenvalue weighted by Crippen LogP contribution is -2.28. The van der Waals surface area contributed by atoms with Crippen LogP contribution in [0, 0.1) is 0 Å². The first-order valence-electron chi connectivity index (χ1n) is 6.37. The number of carbonyl (C=O) groups excluding carboxylic acids is 1. The Bertz CT molecular complexity index is 488. The highest BCUT2D eigenvalue weighted by Crippen LogP contribution is 2.37. The number of hydrogen-bond donors (Lipinski definition) is 1. The maximum atomic E-state index is 11.7. The monoisotopic (exact) mass is 263 g/mol. The minimum Gasteiger partial charge on any atom is -0.378 e. The van der Waals surface area contributed by atoms with Crippen LogP contribution in [0.1, 0.15) is 11.7 Å². The second-order valence-electron chi connectivity index (χ2n) is 5.27. The predicted octanol–water partition coefficient (Wildman–Crippen LogP) is 0.694. The van der Waals surface area contributed by atoms with E-state index in [9.17, 15) is 9.90 Å². The van der Waals surface area contributed by atoms with Crippen LogP contribution >= 0.6 is 0 Å². The summed E-state index contributed by atoms with van der Waals surface area (Å²) >= 11 is 0. The Balaban J connectivity index is 2.20. The smallest absolute Gasteiger partial charge is 0.260 e. The van der Waals surface area contributed by atoms with Gasteiger partial charge in [0.05, 0.1) is 5.69 Å². The molecule has 1 aliphatic heterocycles. The number of anilines is 2. The molecule has 0 aromatic heterocycles. The van der Waals surface area contributed by atoms with Gasteiger partial charge in [-0.3, -0.25) is 4.79 Å². The van der Waals surface area contributed by atoms with Gasteiger partial charge in [0.25, 0.3) is 5.91 Å². The van der Waals surface area contributed by atoms with E-state index in [2.05, 4.69) is 9.80 Å². The molecule has 0 bridgehead atoms. The second-order valence-corrected chi connectivity index (χ2v) is 5.27. The molecule has 1 heterocycles. The Kier molecular flexibility index (Phi) is 3.78. The number of benzene rings is 1. The zero-order chi connectivity index (χ0) is 14.2. The molecule has 1 amide bonds. The zero-order valence-corrected chi connectivity index (χ0v) is 11.9. The molecule has 1 N–H and O–H groups in total. The number of carbonyl (C=O) groups is 1. The van der Waals surface area contributed by atoms with Crippen LogP contribution in [0.25, 0.3) is 0 Å². The van der Waals surface area contributed by atoms with Gasteiger partial charge in [0.1, 0.15) is 0 Å². The summed E-state index contributed by atoms with van der Waals surface area (Å²) in [7, 11) is 7.80. The van der Waals surface area contributed by atoms with Crippen molar-refractivity contribution in [3.63, 3.8) is 0 Å². The van der Waals surface area contributed by atoms with Gasteiger partial charge in [-0.15, -0.1) is 0 Å². The molecule has 1 aromatic carbocycles. The average Bonchev–Trinajstić information content (AvgIpc) is 2.61. The first kappa shape index (κ1) is 13.8. The van der Waals surface area contributed by atoms with Crippen molar-refractivity contribution < 1.29 is 9.90 Å². The molecule has 1 aromatic rings. The molecule has 0 fully saturated rings. The fraction of sp³-hybridized carbons (Fsp3) is 0.500. The third kappa shape index (κ3) is 2.57. The van der Waals surface area contributed by atoms with Crippen molar-refractivity contribution in [1.82, 2.24) is 4.90 Å². The Morgan fingerprint density at radius 3 is 2.58 bits per heavy atom. The molecule has 19 heavy (non-hydrogen) atoms. The van der Waals surface area contributed by atoms with Crippen LogP contribution in [0.3, 0.4) is 0 Å². The predicted molar refractivity (Wildman–Crippen MR) is 76.6 cm³/mol. The van der Waals surface area contributed by atoms with E-state index < -0.39 is 6.10 Å². The first-order chi connectivity index (χ1) is 8.91. The van der Waals surface area contributed by atoms with Crippen LogP contribution in [0.15, 0.2) is 18.2 Å². The van der Waals surface area contributed by atoms with E-state index in [4.69, 9.17) is 0 Å². The summed E-state index contributed by atoms with van der Waals surface area (Å²) < 4.78 is 0. The number of rotatable bonds is 4. The molecular weight excluding hydrogens is 242 g/mol. The van der Waals surface area contributed by atoms with Crippen molar-refractivity contribution in [2.24, 2.45) is 0 Å². The lowest BCUT2D eigenvalue weighted by molar-refractivity contribution is -0.125. The lowest BCUT2D eigenvalue weighted by atomic mass is 10.1. The van der Waals surface area contributed by atoms with Gasteiger partial charge in [-0.25, -0.2) is 0 Å². The number of likely N-dealkylation sites (N-methyl/N-ethyl adjacent to an activating group) is 3. The third-order valence-electron chi connectivity index (χ3n) is 3.56. The third-order valence-corrected chi connectivity index (χ3v) is 3.56. The summed E-state index contributed by atoms with van der Waals surface area (Å²) in [4.78, 5) is 17.5. The number of aliphatic hydroxyl groups excluding tert-OH is 1. The molecule has 5 heteroatoms. The van der Waals surface area contributed by atoms with Crippen LogP contribution in [0.2, 0.25) is 0 Å². The number of amides is 1. The lowest BCUT2D eigenvalue weighted by Gasteiger charge is -2.22. The quantitative estimate of drug-likeness (QED) is 0.868. The number of fused-ring (bicyclic) bond motifs is 1. The van der Waals surface area contributed by atoms with E-state index in [1.165, 1.54) is 4.90 Å². The molecule has 2 rings (SSSR count). The molecule has 1 atom stereocenters. The van der Waals surface area contributed by atoms with Crippen molar-refractivity contribution in [3.05, 3.63) is 23.8 Å². The normalized spacial score (nSPS) is 18.1. The van der Waals surface area contributed by atoms with E-state index in [0.717, 1.165) is 24.5 Å². The van der Waals surface area contributed by atoms with Gasteiger partial charge < -0.3 is 19.8 Å². The topological polar surface area (TPSA) is 47.0 Å². The number of hydrogen-bond acceptors (Lipinski definition) is 4. The van der Waals surface area contributed by atoms with E-state index >= 15 is 0 Å². The summed E-state index contributed by atoms with van der Waals surface area (Å²) in [5.74, 6) is -0.261. The van der Waals surface area contributed by atoms with Crippen molar-refractivity contribution in [2.45, 2.75) is 6.10 Å². The highest BCUT2D eigenvalue weighted by Gasteiger charge is 2.33. The maximum Gasteiger partial charge on any atom is 0.260 e. The minimum atomic E-state index is -1.01. The Morgan fingerprint density at radius 1 is 1.26 bits per heavy atom. The molecule has 0 radical (unpaired) electrons. The van der Waals surface area contributed by atoms with Gasteiger partial charge >= 0.3 is 0 Å². The van der Waals surface area contributed by atoms with Gasteiger partial charge in [0.15, 0.2) is 6.10 Å². The van der Waals surface area contributed by atoms with Crippen molar-refractivity contribution in [1.29, 1.82) is 0 Å². The Morgan fingerprint density at radius 2 is 1.95 bits per heavy atom. The molecular formula is C14H21N3O2. The standard InChI is InChI=1S/C14H21N3O2/c1-15(2)7-8-16(3)10-5-6-11-12(9-10)17(4)14(19)13(11)18/h5-6,9,13,18H,7-8H2,1-4H3. The molecule has 0 saturated heterocycles. The fourth-order valence-electron chi connectivity index (χ4n) is 2.21. The Hall–Kier alpha value is -1.59. The largest absolute Gasteiger partial charge is 0.378 e. The SMILES string of the molecule is CN(C)CCN(C)c1ccc2c(c1)N(C)C(=O)C2O. The summed E-state index contributed by atoms with van der Waals surface area (Å²) in [6.45, 7) is 1.87. The van der Waals surface area contributed by atoms with Crippen molar-refractivity contribution in [2.75, 3.05) is 51.1 Å². The highest BCUT2D eigenvalue weighted by atomic mass is 16.3. The zero-order valence-electron chi connectivity index (χ0n) is 11.9. The van der Waals surface area contributed by atoms with Crippen LogP contribution in [0.5, 0.6) is 0 Å². The number of aliphatic hydroxyl groups is 1. The van der Waals surface area contributed by atoms with Gasteiger partial charge in [-0.05, 0) is 26.2 Å². The van der Waals surface area contributed by atoms with Crippen LogP contribution in [-0.4, -0.2) is 57.2 Å². The number of nitrogens with zero attached hydrogens (tertiary/aromatic N) is 3. The summed E-state index contributed by atoms with van der Waals surface area (Å²) in [6, 6.07) is 5.74. The van der Waals surface area contributed by atoms with Gasteiger partial charge in [-0.1, -0.05) is 6.07 Å². The van der Waals surface area contributed by atoms with Crippen molar-refractivity contribution in [3.8, 4) is 0 Å². The average molecular weight is 263 g/mol. The van der Waals surface area contributed by atoms with E-state index in [1.54, 1.807) is 7.05 Å². The summed E-state index contributed by atoms with van der Waals surface area (Å²) in [5.41, 5.74) is 2.54. The summed E-state index contributed by atoms with van der Waals surface area (Å²) in [6.07, 6.45) is -1.01. The molecule has 5 nitrogen and oxygen atoms in total. The molecule has 0 aliphatic carbocycles. The molecule has 0 spiro atoms. The minimum absolute atomic E-state index is 0.261. The van der Waals surface area contributed by atoms with Gasteiger partial charge in [0, 0.05) is 38.4 Å². The van der Waals surface area contributed by atoms with E-state index in [1.807, 2.05) is 39.3 Å². The van der Waals surface area contributed by atoms with Gasteiger partial charge in [0.2, 0.25) is 0 Å². The molecule has 1 aliphatic rings. The second kappa shape index (κ2) is 5.19.